The van der Waals surface area contributed by atoms with E-state index in [1.165, 1.54) is 31.1 Å². The van der Waals surface area contributed by atoms with Crippen LogP contribution in [-0.4, -0.2) is 13.2 Å². The van der Waals surface area contributed by atoms with Gasteiger partial charge in [-0.3, -0.25) is 5.32 Å². The minimum atomic E-state index is -0.428. The smallest absolute Gasteiger partial charge is 0.410 e. The third-order valence-electron chi connectivity index (χ3n) is 3.18. The van der Waals surface area contributed by atoms with Crippen molar-refractivity contribution < 1.29 is 9.53 Å². The monoisotopic (exact) mass is 223 g/mol. The molecule has 0 bridgehead atoms. The minimum absolute atomic E-state index is 0.205. The Morgan fingerprint density at radius 2 is 2.19 bits per heavy atom. The second kappa shape index (κ2) is 5.19. The molecule has 0 unspecified atom stereocenters. The summed E-state index contributed by atoms with van der Waals surface area (Å²) in [5.41, 5.74) is 2.95. The standard InChI is InChI=1S/C13H21NO2/c1-10-6-5-8-13(2,3)11(10)7-9-14-12(15)16-4/h7,9H,5-6,8H2,1-4H3,(H,14,15)/b9-7+. The molecular formula is C13H21NO2. The van der Waals surface area contributed by atoms with Gasteiger partial charge in [-0.15, -0.1) is 0 Å². The molecule has 1 N–H and O–H groups in total. The van der Waals surface area contributed by atoms with Crippen LogP contribution in [0.15, 0.2) is 23.4 Å². The number of rotatable bonds is 2. The zero-order valence-electron chi connectivity index (χ0n) is 10.6. The van der Waals surface area contributed by atoms with Crippen molar-refractivity contribution in [2.75, 3.05) is 7.11 Å². The summed E-state index contributed by atoms with van der Waals surface area (Å²) in [6.45, 7) is 6.65. The molecule has 0 aromatic rings. The predicted octanol–water partition coefficient (Wildman–Crippen LogP) is 3.38. The van der Waals surface area contributed by atoms with Gasteiger partial charge in [-0.05, 0) is 43.3 Å². The van der Waals surface area contributed by atoms with E-state index in [0.717, 1.165) is 6.42 Å². The fourth-order valence-corrected chi connectivity index (χ4v) is 2.26. The molecule has 0 heterocycles. The molecule has 0 saturated carbocycles. The van der Waals surface area contributed by atoms with E-state index in [1.54, 1.807) is 6.20 Å². The van der Waals surface area contributed by atoms with Crippen LogP contribution in [0.3, 0.4) is 0 Å². The van der Waals surface area contributed by atoms with Gasteiger partial charge in [0.05, 0.1) is 7.11 Å². The molecule has 1 amide bonds. The second-order valence-electron chi connectivity index (χ2n) is 4.90. The summed E-state index contributed by atoms with van der Waals surface area (Å²) in [4.78, 5) is 10.9. The van der Waals surface area contributed by atoms with Crippen molar-refractivity contribution in [3.63, 3.8) is 0 Å². The highest BCUT2D eigenvalue weighted by Gasteiger charge is 2.26. The van der Waals surface area contributed by atoms with Crippen LogP contribution in [0.2, 0.25) is 0 Å². The lowest BCUT2D eigenvalue weighted by atomic mass is 9.73. The lowest BCUT2D eigenvalue weighted by Crippen LogP contribution is -2.21. The first-order chi connectivity index (χ1) is 7.47. The Kier molecular flexibility index (Phi) is 4.16. The predicted molar refractivity (Wildman–Crippen MR) is 65.0 cm³/mol. The fourth-order valence-electron chi connectivity index (χ4n) is 2.26. The first kappa shape index (κ1) is 12.8. The number of carbonyl (C=O) groups excluding carboxylic acids is 1. The molecule has 1 aliphatic rings. The summed E-state index contributed by atoms with van der Waals surface area (Å²) in [6, 6.07) is 0. The Morgan fingerprint density at radius 3 is 2.75 bits per heavy atom. The molecule has 0 fully saturated rings. The Morgan fingerprint density at radius 1 is 1.50 bits per heavy atom. The van der Waals surface area contributed by atoms with Gasteiger partial charge >= 0.3 is 6.09 Å². The third kappa shape index (κ3) is 3.12. The van der Waals surface area contributed by atoms with Crippen LogP contribution in [0.5, 0.6) is 0 Å². The number of ether oxygens (including phenoxy) is 1. The minimum Gasteiger partial charge on any atom is -0.453 e. The lowest BCUT2D eigenvalue weighted by molar-refractivity contribution is 0.175. The van der Waals surface area contributed by atoms with Gasteiger partial charge in [0, 0.05) is 6.20 Å². The summed E-state index contributed by atoms with van der Waals surface area (Å²) in [6.07, 6.45) is 6.83. The first-order valence-electron chi connectivity index (χ1n) is 5.68. The fraction of sp³-hybridized carbons (Fsp3) is 0.615. The Labute approximate surface area is 97.6 Å². The van der Waals surface area contributed by atoms with E-state index in [9.17, 15) is 4.79 Å². The molecule has 90 valence electrons. The van der Waals surface area contributed by atoms with Crippen molar-refractivity contribution in [2.45, 2.75) is 40.0 Å². The van der Waals surface area contributed by atoms with E-state index in [2.05, 4.69) is 30.8 Å². The van der Waals surface area contributed by atoms with Gasteiger partial charge in [-0.2, -0.15) is 0 Å². The molecule has 0 radical (unpaired) electrons. The number of alkyl carbamates (subject to hydrolysis) is 1. The van der Waals surface area contributed by atoms with Gasteiger partial charge in [0.15, 0.2) is 0 Å². The Hall–Kier alpha value is -1.25. The number of nitrogens with one attached hydrogen (secondary N) is 1. The van der Waals surface area contributed by atoms with E-state index in [0.29, 0.717) is 0 Å². The molecule has 0 aromatic carbocycles. The van der Waals surface area contributed by atoms with Crippen LogP contribution in [0.1, 0.15) is 40.0 Å². The largest absolute Gasteiger partial charge is 0.453 e. The summed E-state index contributed by atoms with van der Waals surface area (Å²) in [5, 5.41) is 2.56. The van der Waals surface area contributed by atoms with Gasteiger partial charge < -0.3 is 4.74 Å². The number of carbonyl (C=O) groups is 1. The average Bonchev–Trinajstić information content (AvgIpc) is 2.21. The molecule has 0 saturated heterocycles. The van der Waals surface area contributed by atoms with E-state index >= 15 is 0 Å². The first-order valence-corrected chi connectivity index (χ1v) is 5.68. The summed E-state index contributed by atoms with van der Waals surface area (Å²) in [5.74, 6) is 0. The number of methoxy groups -OCH3 is 1. The maximum absolute atomic E-state index is 10.9. The van der Waals surface area contributed by atoms with E-state index < -0.39 is 6.09 Å². The molecule has 1 aliphatic carbocycles. The van der Waals surface area contributed by atoms with E-state index in [1.807, 2.05) is 6.08 Å². The number of hydrogen-bond acceptors (Lipinski definition) is 2. The van der Waals surface area contributed by atoms with Crippen molar-refractivity contribution in [3.05, 3.63) is 23.4 Å². The highest BCUT2D eigenvalue weighted by molar-refractivity contribution is 5.68. The van der Waals surface area contributed by atoms with E-state index in [4.69, 9.17) is 0 Å². The van der Waals surface area contributed by atoms with Gasteiger partial charge in [0.2, 0.25) is 0 Å². The van der Waals surface area contributed by atoms with Crippen LogP contribution in [0, 0.1) is 5.41 Å². The quantitative estimate of drug-likeness (QED) is 0.779. The summed E-state index contributed by atoms with van der Waals surface area (Å²) < 4.78 is 4.50. The molecular weight excluding hydrogens is 202 g/mol. The van der Waals surface area contributed by atoms with Crippen LogP contribution in [0.25, 0.3) is 0 Å². The van der Waals surface area contributed by atoms with Crippen molar-refractivity contribution >= 4 is 6.09 Å². The molecule has 0 aliphatic heterocycles. The molecule has 0 atom stereocenters. The maximum Gasteiger partial charge on any atom is 0.410 e. The topological polar surface area (TPSA) is 38.3 Å². The van der Waals surface area contributed by atoms with Crippen molar-refractivity contribution in [2.24, 2.45) is 5.41 Å². The molecule has 0 aromatic heterocycles. The normalized spacial score (nSPS) is 20.0. The molecule has 16 heavy (non-hydrogen) atoms. The SMILES string of the molecule is COC(=O)N/C=C/C1=C(C)CCCC1(C)C. The summed E-state index contributed by atoms with van der Waals surface area (Å²) in [7, 11) is 1.36. The summed E-state index contributed by atoms with van der Waals surface area (Å²) >= 11 is 0. The maximum atomic E-state index is 10.9. The highest BCUT2D eigenvalue weighted by Crippen LogP contribution is 2.40. The Balaban J connectivity index is 2.73. The van der Waals surface area contributed by atoms with Crippen molar-refractivity contribution in [1.82, 2.24) is 5.32 Å². The molecule has 0 spiro atoms. The van der Waals surface area contributed by atoms with Crippen LogP contribution in [-0.2, 0) is 4.74 Å². The van der Waals surface area contributed by atoms with Gasteiger partial charge in [0.25, 0.3) is 0 Å². The number of amides is 1. The van der Waals surface area contributed by atoms with Crippen LogP contribution >= 0.6 is 0 Å². The van der Waals surface area contributed by atoms with Gasteiger partial charge in [0.1, 0.15) is 0 Å². The number of hydrogen-bond donors (Lipinski definition) is 1. The molecule has 1 rings (SSSR count). The second-order valence-corrected chi connectivity index (χ2v) is 4.90. The van der Waals surface area contributed by atoms with E-state index in [-0.39, 0.29) is 5.41 Å². The van der Waals surface area contributed by atoms with Crippen LogP contribution < -0.4 is 5.32 Å². The molecule has 3 heteroatoms. The Bertz CT molecular complexity index is 327. The average molecular weight is 223 g/mol. The van der Waals surface area contributed by atoms with Gasteiger partial charge in [-0.25, -0.2) is 4.79 Å². The zero-order valence-corrected chi connectivity index (χ0v) is 10.6. The third-order valence-corrected chi connectivity index (χ3v) is 3.18. The number of allylic oxidation sites excluding steroid dienone is 3. The molecule has 3 nitrogen and oxygen atoms in total. The lowest BCUT2D eigenvalue weighted by Gasteiger charge is -2.32. The van der Waals surface area contributed by atoms with Crippen molar-refractivity contribution in [3.8, 4) is 0 Å². The van der Waals surface area contributed by atoms with Crippen molar-refractivity contribution in [1.29, 1.82) is 0 Å². The van der Waals surface area contributed by atoms with Crippen LogP contribution in [0.4, 0.5) is 4.79 Å². The zero-order chi connectivity index (χ0) is 12.2. The highest BCUT2D eigenvalue weighted by atomic mass is 16.5. The van der Waals surface area contributed by atoms with Gasteiger partial charge in [-0.1, -0.05) is 19.4 Å².